The van der Waals surface area contributed by atoms with E-state index in [1.165, 1.54) is 11.1 Å². The van der Waals surface area contributed by atoms with Gasteiger partial charge in [0.15, 0.2) is 0 Å². The fourth-order valence-electron chi connectivity index (χ4n) is 3.09. The summed E-state index contributed by atoms with van der Waals surface area (Å²) in [6.07, 6.45) is 4.56. The highest BCUT2D eigenvalue weighted by atomic mass is 16.5. The zero-order valence-electron chi connectivity index (χ0n) is 13.5. The van der Waals surface area contributed by atoms with Gasteiger partial charge >= 0.3 is 5.97 Å². The SMILES string of the molecule is Cc1ccc(-c2ncccc2OC2(C(=O)O)CCCC2)cc1C. The van der Waals surface area contributed by atoms with Crippen molar-refractivity contribution in [2.75, 3.05) is 0 Å². The Balaban J connectivity index is 2.01. The number of aliphatic carboxylic acids is 1. The minimum atomic E-state index is -1.11. The smallest absolute Gasteiger partial charge is 0.348 e. The fraction of sp³-hybridized carbons (Fsp3) is 0.368. The van der Waals surface area contributed by atoms with Crippen LogP contribution < -0.4 is 4.74 Å². The molecule has 3 rings (SSSR count). The van der Waals surface area contributed by atoms with Gasteiger partial charge in [0.1, 0.15) is 11.4 Å². The van der Waals surface area contributed by atoms with E-state index in [0.29, 0.717) is 24.3 Å². The summed E-state index contributed by atoms with van der Waals surface area (Å²) < 4.78 is 6.02. The molecular formula is C19H21NO3. The van der Waals surface area contributed by atoms with Crippen molar-refractivity contribution in [1.82, 2.24) is 4.98 Å². The van der Waals surface area contributed by atoms with Gasteiger partial charge in [-0.15, -0.1) is 0 Å². The number of ether oxygens (including phenoxy) is 1. The molecule has 1 aliphatic carbocycles. The van der Waals surface area contributed by atoms with Gasteiger partial charge in [-0.25, -0.2) is 4.79 Å². The molecule has 0 unspecified atom stereocenters. The molecule has 1 aromatic carbocycles. The number of pyridine rings is 1. The van der Waals surface area contributed by atoms with Gasteiger partial charge < -0.3 is 9.84 Å². The number of benzene rings is 1. The summed E-state index contributed by atoms with van der Waals surface area (Å²) >= 11 is 0. The first-order valence-corrected chi connectivity index (χ1v) is 7.97. The number of aryl methyl sites for hydroxylation is 2. The average molecular weight is 311 g/mol. The third-order valence-electron chi connectivity index (χ3n) is 4.66. The van der Waals surface area contributed by atoms with Crippen LogP contribution in [0.15, 0.2) is 36.5 Å². The highest BCUT2D eigenvalue weighted by molar-refractivity contribution is 5.79. The Kier molecular flexibility index (Phi) is 4.07. The number of carbonyl (C=O) groups is 1. The van der Waals surface area contributed by atoms with Gasteiger partial charge in [0.25, 0.3) is 0 Å². The maximum Gasteiger partial charge on any atom is 0.348 e. The second kappa shape index (κ2) is 6.03. The summed E-state index contributed by atoms with van der Waals surface area (Å²) in [5, 5.41) is 9.62. The van der Waals surface area contributed by atoms with E-state index in [1.54, 1.807) is 18.3 Å². The van der Waals surface area contributed by atoms with Gasteiger partial charge in [0.2, 0.25) is 5.60 Å². The molecule has 0 radical (unpaired) electrons. The molecule has 2 aromatic rings. The van der Waals surface area contributed by atoms with Crippen molar-refractivity contribution in [2.45, 2.75) is 45.1 Å². The Hall–Kier alpha value is -2.36. The molecule has 0 saturated heterocycles. The van der Waals surface area contributed by atoms with Crippen molar-refractivity contribution in [2.24, 2.45) is 0 Å². The van der Waals surface area contributed by atoms with Crippen molar-refractivity contribution in [3.63, 3.8) is 0 Å². The van der Waals surface area contributed by atoms with Crippen molar-refractivity contribution in [3.8, 4) is 17.0 Å². The Morgan fingerprint density at radius 2 is 1.91 bits per heavy atom. The Bertz CT molecular complexity index is 733. The quantitative estimate of drug-likeness (QED) is 0.922. The molecule has 1 aliphatic rings. The first-order chi connectivity index (χ1) is 11.0. The van der Waals surface area contributed by atoms with E-state index in [9.17, 15) is 9.90 Å². The number of carboxylic acids is 1. The number of carboxylic acid groups (broad SMARTS) is 1. The predicted octanol–water partition coefficient (Wildman–Crippen LogP) is 4.14. The second-order valence-electron chi connectivity index (χ2n) is 6.26. The van der Waals surface area contributed by atoms with Gasteiger partial charge in [-0.05, 0) is 68.9 Å². The van der Waals surface area contributed by atoms with E-state index in [4.69, 9.17) is 4.74 Å². The van der Waals surface area contributed by atoms with Crippen LogP contribution in [0, 0.1) is 13.8 Å². The lowest BCUT2D eigenvalue weighted by atomic mass is 10.0. The molecule has 4 heteroatoms. The number of hydrogen-bond acceptors (Lipinski definition) is 3. The number of aromatic nitrogens is 1. The molecule has 0 aliphatic heterocycles. The summed E-state index contributed by atoms with van der Waals surface area (Å²) in [5.41, 5.74) is 2.92. The molecule has 1 heterocycles. The van der Waals surface area contributed by atoms with Gasteiger partial charge in [0.05, 0.1) is 0 Å². The summed E-state index contributed by atoms with van der Waals surface area (Å²) in [5.74, 6) is -0.343. The molecule has 0 spiro atoms. The first kappa shape index (κ1) is 15.5. The third kappa shape index (κ3) is 2.93. The summed E-state index contributed by atoms with van der Waals surface area (Å²) in [6.45, 7) is 4.12. The van der Waals surface area contributed by atoms with Crippen LogP contribution in [0.2, 0.25) is 0 Å². The van der Waals surface area contributed by atoms with E-state index >= 15 is 0 Å². The highest BCUT2D eigenvalue weighted by Crippen LogP contribution is 2.38. The van der Waals surface area contributed by atoms with E-state index in [0.717, 1.165) is 18.4 Å². The average Bonchev–Trinajstić information content (AvgIpc) is 3.01. The van der Waals surface area contributed by atoms with E-state index < -0.39 is 11.6 Å². The molecule has 0 bridgehead atoms. The van der Waals surface area contributed by atoms with Crippen LogP contribution in [-0.4, -0.2) is 21.7 Å². The summed E-state index contributed by atoms with van der Waals surface area (Å²) in [6, 6.07) is 9.70. The standard InChI is InChI=1S/C19H21NO3/c1-13-7-8-15(12-14(13)2)17-16(6-5-11-20-17)23-19(18(21)22)9-3-4-10-19/h5-8,11-12H,3-4,9-10H2,1-2H3,(H,21,22). The lowest BCUT2D eigenvalue weighted by Gasteiger charge is -2.26. The van der Waals surface area contributed by atoms with Crippen LogP contribution in [0.1, 0.15) is 36.8 Å². The first-order valence-electron chi connectivity index (χ1n) is 7.97. The fourth-order valence-corrected chi connectivity index (χ4v) is 3.09. The molecule has 23 heavy (non-hydrogen) atoms. The molecule has 0 atom stereocenters. The van der Waals surface area contributed by atoms with Gasteiger partial charge in [-0.1, -0.05) is 12.1 Å². The van der Waals surface area contributed by atoms with Crippen LogP contribution in [0.3, 0.4) is 0 Å². The maximum atomic E-state index is 11.7. The molecule has 1 fully saturated rings. The van der Waals surface area contributed by atoms with E-state index in [1.807, 2.05) is 12.1 Å². The minimum Gasteiger partial charge on any atom is -0.478 e. The van der Waals surface area contributed by atoms with E-state index in [2.05, 4.69) is 24.9 Å². The molecule has 4 nitrogen and oxygen atoms in total. The van der Waals surface area contributed by atoms with Crippen LogP contribution in [-0.2, 0) is 4.79 Å². The lowest BCUT2D eigenvalue weighted by Crippen LogP contribution is -2.41. The predicted molar refractivity (Wildman–Crippen MR) is 88.6 cm³/mol. The Labute approximate surface area is 136 Å². The summed E-state index contributed by atoms with van der Waals surface area (Å²) in [7, 11) is 0. The zero-order chi connectivity index (χ0) is 16.4. The normalized spacial score (nSPS) is 16.3. The van der Waals surface area contributed by atoms with Crippen molar-refractivity contribution in [1.29, 1.82) is 0 Å². The number of rotatable bonds is 4. The van der Waals surface area contributed by atoms with Gasteiger partial charge in [0, 0.05) is 11.8 Å². The largest absolute Gasteiger partial charge is 0.478 e. The molecule has 1 N–H and O–H groups in total. The molecule has 1 aromatic heterocycles. The topological polar surface area (TPSA) is 59.4 Å². The number of nitrogens with zero attached hydrogens (tertiary/aromatic N) is 1. The van der Waals surface area contributed by atoms with Crippen molar-refractivity contribution < 1.29 is 14.6 Å². The zero-order valence-corrected chi connectivity index (χ0v) is 13.5. The Morgan fingerprint density at radius 3 is 2.57 bits per heavy atom. The van der Waals surface area contributed by atoms with Crippen LogP contribution in [0.5, 0.6) is 5.75 Å². The van der Waals surface area contributed by atoms with Gasteiger partial charge in [-0.2, -0.15) is 0 Å². The van der Waals surface area contributed by atoms with Crippen LogP contribution >= 0.6 is 0 Å². The highest BCUT2D eigenvalue weighted by Gasteiger charge is 2.44. The van der Waals surface area contributed by atoms with Crippen molar-refractivity contribution >= 4 is 5.97 Å². The van der Waals surface area contributed by atoms with Crippen LogP contribution in [0.4, 0.5) is 0 Å². The second-order valence-corrected chi connectivity index (χ2v) is 6.26. The molecule has 120 valence electrons. The monoisotopic (exact) mass is 311 g/mol. The lowest BCUT2D eigenvalue weighted by molar-refractivity contribution is -0.154. The molecule has 0 amide bonds. The maximum absolute atomic E-state index is 11.7. The third-order valence-corrected chi connectivity index (χ3v) is 4.66. The molecular weight excluding hydrogens is 290 g/mol. The summed E-state index contributed by atoms with van der Waals surface area (Å²) in [4.78, 5) is 16.2. The van der Waals surface area contributed by atoms with E-state index in [-0.39, 0.29) is 0 Å². The number of hydrogen-bond donors (Lipinski definition) is 1. The van der Waals surface area contributed by atoms with Gasteiger partial charge in [-0.3, -0.25) is 4.98 Å². The van der Waals surface area contributed by atoms with Crippen molar-refractivity contribution in [3.05, 3.63) is 47.7 Å². The van der Waals surface area contributed by atoms with Crippen LogP contribution in [0.25, 0.3) is 11.3 Å². The Morgan fingerprint density at radius 1 is 1.17 bits per heavy atom. The minimum absolute atomic E-state index is 0.542. The molecule has 1 saturated carbocycles.